The van der Waals surface area contributed by atoms with Crippen LogP contribution in [0, 0.1) is 5.92 Å². The van der Waals surface area contributed by atoms with Gasteiger partial charge in [-0.2, -0.15) is 0 Å². The minimum Gasteiger partial charge on any atom is -0.352 e. The number of aromatic nitrogens is 1. The Morgan fingerprint density at radius 2 is 2.00 bits per heavy atom. The topological polar surface area (TPSA) is 43.1 Å². The number of ketones is 1. The predicted molar refractivity (Wildman–Crippen MR) is 65.7 cm³/mol. The molecule has 2 aromatic rings. The zero-order chi connectivity index (χ0) is 12.3. The van der Waals surface area contributed by atoms with Gasteiger partial charge in [-0.3, -0.25) is 4.79 Å². The monoisotopic (exact) mass is 229 g/mol. The van der Waals surface area contributed by atoms with Gasteiger partial charge in [0.25, 0.3) is 0 Å². The Hall–Kier alpha value is -1.90. The van der Waals surface area contributed by atoms with E-state index in [1.54, 1.807) is 6.07 Å². The molecule has 0 bridgehead atoms. The van der Waals surface area contributed by atoms with Crippen LogP contribution in [0.25, 0.3) is 11.3 Å². The van der Waals surface area contributed by atoms with Crippen molar-refractivity contribution in [3.8, 4) is 11.3 Å². The second kappa shape index (κ2) is 4.95. The lowest BCUT2D eigenvalue weighted by atomic mass is 10.1. The average molecular weight is 229 g/mol. The molecular weight excluding hydrogens is 214 g/mol. The highest BCUT2D eigenvalue weighted by molar-refractivity contribution is 5.94. The van der Waals surface area contributed by atoms with Gasteiger partial charge in [0, 0.05) is 18.1 Å². The van der Waals surface area contributed by atoms with Crippen molar-refractivity contribution in [1.82, 2.24) is 5.16 Å². The van der Waals surface area contributed by atoms with Crippen LogP contribution in [0.5, 0.6) is 0 Å². The molecule has 0 aliphatic carbocycles. The van der Waals surface area contributed by atoms with E-state index in [2.05, 4.69) is 5.16 Å². The quantitative estimate of drug-likeness (QED) is 0.753. The van der Waals surface area contributed by atoms with Crippen molar-refractivity contribution < 1.29 is 9.32 Å². The maximum atomic E-state index is 11.8. The highest BCUT2D eigenvalue weighted by Crippen LogP contribution is 2.20. The minimum absolute atomic E-state index is 0.00896. The van der Waals surface area contributed by atoms with Gasteiger partial charge in [0.2, 0.25) is 11.5 Å². The molecule has 0 aliphatic rings. The number of Topliss-reactive ketones (excluding diaryl/α,β-unsaturated/α-hetero) is 1. The first-order valence-electron chi connectivity index (χ1n) is 5.72. The van der Waals surface area contributed by atoms with Crippen molar-refractivity contribution in [2.45, 2.75) is 20.3 Å². The van der Waals surface area contributed by atoms with Crippen LogP contribution >= 0.6 is 0 Å². The summed E-state index contributed by atoms with van der Waals surface area (Å²) in [6.45, 7) is 4.01. The van der Waals surface area contributed by atoms with Gasteiger partial charge in [0.15, 0.2) is 0 Å². The van der Waals surface area contributed by atoms with Crippen molar-refractivity contribution in [3.05, 3.63) is 42.2 Å². The van der Waals surface area contributed by atoms with Crippen molar-refractivity contribution >= 4 is 5.78 Å². The first-order chi connectivity index (χ1) is 8.16. The Morgan fingerprint density at radius 3 is 2.65 bits per heavy atom. The molecule has 2 rings (SSSR count). The van der Waals surface area contributed by atoms with E-state index >= 15 is 0 Å². The van der Waals surface area contributed by atoms with Crippen LogP contribution in [0.15, 0.2) is 40.9 Å². The molecule has 3 heteroatoms. The maximum Gasteiger partial charge on any atom is 0.203 e. The molecule has 0 aliphatic heterocycles. The molecule has 1 aromatic carbocycles. The first kappa shape index (κ1) is 11.6. The van der Waals surface area contributed by atoms with E-state index in [0.29, 0.717) is 23.8 Å². The molecule has 0 amide bonds. The number of rotatable bonds is 4. The largest absolute Gasteiger partial charge is 0.352 e. The molecule has 0 atom stereocenters. The summed E-state index contributed by atoms with van der Waals surface area (Å²) in [5.41, 5.74) is 1.66. The molecule has 17 heavy (non-hydrogen) atoms. The molecule has 88 valence electrons. The smallest absolute Gasteiger partial charge is 0.203 e. The Labute approximate surface area is 100 Å². The standard InChI is InChI=1S/C14H15NO2/c1-10(2)8-13(16)14-9-12(15-17-14)11-6-4-3-5-7-11/h3-7,9-10H,8H2,1-2H3. The van der Waals surface area contributed by atoms with Gasteiger partial charge in [-0.05, 0) is 5.92 Å². The van der Waals surface area contributed by atoms with Crippen LogP contribution in [-0.2, 0) is 0 Å². The second-order valence-corrected chi connectivity index (χ2v) is 4.46. The predicted octanol–water partition coefficient (Wildman–Crippen LogP) is 3.57. The number of benzene rings is 1. The summed E-state index contributed by atoms with van der Waals surface area (Å²) < 4.78 is 5.08. The van der Waals surface area contributed by atoms with Crippen molar-refractivity contribution in [3.63, 3.8) is 0 Å². The molecule has 0 fully saturated rings. The van der Waals surface area contributed by atoms with Crippen LogP contribution in [0.3, 0.4) is 0 Å². The Bertz CT molecular complexity index is 500. The summed E-state index contributed by atoms with van der Waals surface area (Å²) in [6, 6.07) is 11.4. The fourth-order valence-electron chi connectivity index (χ4n) is 1.62. The van der Waals surface area contributed by atoms with Gasteiger partial charge in [-0.1, -0.05) is 49.3 Å². The van der Waals surface area contributed by atoms with Gasteiger partial charge >= 0.3 is 0 Å². The highest BCUT2D eigenvalue weighted by Gasteiger charge is 2.14. The fraction of sp³-hybridized carbons (Fsp3) is 0.286. The minimum atomic E-state index is 0.00896. The summed E-state index contributed by atoms with van der Waals surface area (Å²) in [4.78, 5) is 11.8. The Kier molecular flexibility index (Phi) is 3.38. The third-order valence-corrected chi connectivity index (χ3v) is 2.45. The zero-order valence-electron chi connectivity index (χ0n) is 10.0. The maximum absolute atomic E-state index is 11.8. The van der Waals surface area contributed by atoms with E-state index in [1.807, 2.05) is 44.2 Å². The van der Waals surface area contributed by atoms with Gasteiger partial charge in [0.05, 0.1) is 0 Å². The summed E-state index contributed by atoms with van der Waals surface area (Å²) in [5.74, 6) is 0.681. The molecule has 0 saturated heterocycles. The number of carbonyl (C=O) groups is 1. The number of hydrogen-bond acceptors (Lipinski definition) is 3. The Morgan fingerprint density at radius 1 is 1.29 bits per heavy atom. The Balaban J connectivity index is 2.19. The van der Waals surface area contributed by atoms with Crippen LogP contribution in [-0.4, -0.2) is 10.9 Å². The molecule has 0 unspecified atom stereocenters. The molecule has 1 aromatic heterocycles. The fourth-order valence-corrected chi connectivity index (χ4v) is 1.62. The van der Waals surface area contributed by atoms with Gasteiger partial charge in [-0.25, -0.2) is 0 Å². The van der Waals surface area contributed by atoms with E-state index in [0.717, 1.165) is 5.56 Å². The summed E-state index contributed by atoms with van der Waals surface area (Å²) in [5, 5.41) is 3.92. The molecule has 0 radical (unpaired) electrons. The summed E-state index contributed by atoms with van der Waals surface area (Å²) in [6.07, 6.45) is 0.490. The van der Waals surface area contributed by atoms with Crippen LogP contribution in [0.2, 0.25) is 0 Å². The lowest BCUT2D eigenvalue weighted by Crippen LogP contribution is -2.01. The van der Waals surface area contributed by atoms with Crippen molar-refractivity contribution in [2.75, 3.05) is 0 Å². The third kappa shape index (κ3) is 2.81. The average Bonchev–Trinajstić information content (AvgIpc) is 2.78. The first-order valence-corrected chi connectivity index (χ1v) is 5.72. The SMILES string of the molecule is CC(C)CC(=O)c1cc(-c2ccccc2)no1. The van der Waals surface area contributed by atoms with E-state index in [-0.39, 0.29) is 5.78 Å². The summed E-state index contributed by atoms with van der Waals surface area (Å²) in [7, 11) is 0. The zero-order valence-corrected chi connectivity index (χ0v) is 10.0. The number of carbonyl (C=O) groups excluding carboxylic acids is 1. The highest BCUT2D eigenvalue weighted by atomic mass is 16.5. The van der Waals surface area contributed by atoms with E-state index < -0.39 is 0 Å². The molecule has 1 heterocycles. The lowest BCUT2D eigenvalue weighted by Gasteiger charge is -1.98. The second-order valence-electron chi connectivity index (χ2n) is 4.46. The third-order valence-electron chi connectivity index (χ3n) is 2.45. The van der Waals surface area contributed by atoms with Crippen LogP contribution in [0.4, 0.5) is 0 Å². The summed E-state index contributed by atoms with van der Waals surface area (Å²) >= 11 is 0. The molecular formula is C14H15NO2. The van der Waals surface area contributed by atoms with Gasteiger partial charge in [0.1, 0.15) is 5.69 Å². The van der Waals surface area contributed by atoms with E-state index in [4.69, 9.17) is 4.52 Å². The van der Waals surface area contributed by atoms with Crippen LogP contribution < -0.4 is 0 Å². The molecule has 0 spiro atoms. The van der Waals surface area contributed by atoms with E-state index in [1.165, 1.54) is 0 Å². The number of nitrogens with zero attached hydrogens (tertiary/aromatic N) is 1. The molecule has 0 N–H and O–H groups in total. The number of hydrogen-bond donors (Lipinski definition) is 0. The van der Waals surface area contributed by atoms with Gasteiger partial charge in [-0.15, -0.1) is 0 Å². The molecule has 3 nitrogen and oxygen atoms in total. The van der Waals surface area contributed by atoms with Gasteiger partial charge < -0.3 is 4.52 Å². The lowest BCUT2D eigenvalue weighted by molar-refractivity contribution is 0.0931. The van der Waals surface area contributed by atoms with Crippen molar-refractivity contribution in [2.24, 2.45) is 5.92 Å². The van der Waals surface area contributed by atoms with Crippen LogP contribution in [0.1, 0.15) is 30.8 Å². The van der Waals surface area contributed by atoms with E-state index in [9.17, 15) is 4.79 Å². The molecule has 0 saturated carbocycles. The normalized spacial score (nSPS) is 10.8. The van der Waals surface area contributed by atoms with Crippen molar-refractivity contribution in [1.29, 1.82) is 0 Å².